The SMILES string of the molecule is CC(CSc1ncn[nH]1)C(=N)N. The zero-order chi connectivity index (χ0) is 8.97. The highest BCUT2D eigenvalue weighted by Crippen LogP contribution is 2.14. The van der Waals surface area contributed by atoms with Crippen LogP contribution in [0.25, 0.3) is 0 Å². The molecule has 0 amide bonds. The van der Waals surface area contributed by atoms with Gasteiger partial charge in [0, 0.05) is 11.7 Å². The maximum atomic E-state index is 7.15. The molecule has 1 aromatic heterocycles. The summed E-state index contributed by atoms with van der Waals surface area (Å²) in [7, 11) is 0. The van der Waals surface area contributed by atoms with Gasteiger partial charge in [0.25, 0.3) is 0 Å². The fraction of sp³-hybridized carbons (Fsp3) is 0.500. The lowest BCUT2D eigenvalue weighted by atomic mass is 10.2. The maximum Gasteiger partial charge on any atom is 0.183 e. The van der Waals surface area contributed by atoms with Crippen molar-refractivity contribution in [2.75, 3.05) is 5.75 Å². The number of aromatic nitrogens is 3. The smallest absolute Gasteiger partial charge is 0.183 e. The fourth-order valence-corrected chi connectivity index (χ4v) is 1.38. The number of nitrogens with two attached hydrogens (primary N) is 1. The molecule has 12 heavy (non-hydrogen) atoms. The quantitative estimate of drug-likeness (QED) is 0.361. The van der Waals surface area contributed by atoms with E-state index < -0.39 is 0 Å². The van der Waals surface area contributed by atoms with Gasteiger partial charge >= 0.3 is 0 Å². The second-order valence-corrected chi connectivity index (χ2v) is 3.47. The van der Waals surface area contributed by atoms with Crippen LogP contribution < -0.4 is 5.73 Å². The Bertz CT molecular complexity index is 244. The van der Waals surface area contributed by atoms with E-state index in [0.717, 1.165) is 10.9 Å². The van der Waals surface area contributed by atoms with Crippen LogP contribution in [0.4, 0.5) is 0 Å². The number of hydrogen-bond acceptors (Lipinski definition) is 4. The second-order valence-electron chi connectivity index (χ2n) is 2.46. The van der Waals surface area contributed by atoms with Gasteiger partial charge in [0.1, 0.15) is 6.33 Å². The third-order valence-corrected chi connectivity index (χ3v) is 2.53. The van der Waals surface area contributed by atoms with Crippen LogP contribution in [-0.4, -0.2) is 26.8 Å². The molecule has 0 aliphatic carbocycles. The van der Waals surface area contributed by atoms with E-state index >= 15 is 0 Å². The molecule has 1 atom stereocenters. The number of nitrogens with zero attached hydrogens (tertiary/aromatic N) is 2. The van der Waals surface area contributed by atoms with Gasteiger partial charge in [-0.05, 0) is 0 Å². The topological polar surface area (TPSA) is 91.4 Å². The zero-order valence-electron chi connectivity index (χ0n) is 6.74. The molecular formula is C6H11N5S. The van der Waals surface area contributed by atoms with Gasteiger partial charge in [-0.2, -0.15) is 5.10 Å². The summed E-state index contributed by atoms with van der Waals surface area (Å²) in [5.74, 6) is 1.05. The van der Waals surface area contributed by atoms with Crippen LogP contribution in [0, 0.1) is 11.3 Å². The third-order valence-electron chi connectivity index (χ3n) is 1.39. The Kier molecular flexibility index (Phi) is 3.09. The van der Waals surface area contributed by atoms with Crippen LogP contribution >= 0.6 is 11.8 Å². The second kappa shape index (κ2) is 4.10. The van der Waals surface area contributed by atoms with Gasteiger partial charge in [-0.1, -0.05) is 18.7 Å². The molecule has 0 aromatic carbocycles. The van der Waals surface area contributed by atoms with E-state index in [4.69, 9.17) is 11.1 Å². The van der Waals surface area contributed by atoms with Gasteiger partial charge in [-0.15, -0.1) is 0 Å². The molecule has 0 radical (unpaired) electrons. The highest BCUT2D eigenvalue weighted by molar-refractivity contribution is 7.99. The first-order valence-corrected chi connectivity index (χ1v) is 4.50. The van der Waals surface area contributed by atoms with E-state index in [0.29, 0.717) is 0 Å². The molecule has 0 aliphatic heterocycles. The monoisotopic (exact) mass is 185 g/mol. The fourth-order valence-electron chi connectivity index (χ4n) is 0.558. The van der Waals surface area contributed by atoms with Crippen LogP contribution in [0.3, 0.4) is 0 Å². The summed E-state index contributed by atoms with van der Waals surface area (Å²) in [6.07, 6.45) is 1.46. The standard InChI is InChI=1S/C6H11N5S/c1-4(5(7)8)2-12-6-9-3-10-11-6/h3-4H,2H2,1H3,(H3,7,8)(H,9,10,11). The molecule has 0 bridgehead atoms. The summed E-state index contributed by atoms with van der Waals surface area (Å²) in [4.78, 5) is 3.93. The van der Waals surface area contributed by atoms with Gasteiger partial charge in [-0.3, -0.25) is 10.5 Å². The third kappa shape index (κ3) is 2.54. The minimum Gasteiger partial charge on any atom is -0.387 e. The Hall–Kier alpha value is -1.04. The van der Waals surface area contributed by atoms with Crippen LogP contribution in [0.2, 0.25) is 0 Å². The predicted octanol–water partition coefficient (Wildman–Crippen LogP) is 0.469. The largest absolute Gasteiger partial charge is 0.387 e. The van der Waals surface area contributed by atoms with E-state index in [-0.39, 0.29) is 11.8 Å². The summed E-state index contributed by atoms with van der Waals surface area (Å²) in [6, 6.07) is 0. The number of aromatic amines is 1. The average Bonchev–Trinajstić information content (AvgIpc) is 2.51. The molecule has 0 spiro atoms. The van der Waals surface area contributed by atoms with Crippen LogP contribution in [0.1, 0.15) is 6.92 Å². The number of rotatable bonds is 4. The molecule has 66 valence electrons. The highest BCUT2D eigenvalue weighted by Gasteiger charge is 2.06. The first kappa shape index (κ1) is 9.05. The molecule has 0 fully saturated rings. The molecule has 1 heterocycles. The number of H-pyrrole nitrogens is 1. The molecule has 1 aromatic rings. The van der Waals surface area contributed by atoms with Crippen molar-refractivity contribution < 1.29 is 0 Å². The lowest BCUT2D eigenvalue weighted by Gasteiger charge is -2.05. The van der Waals surface area contributed by atoms with E-state index in [2.05, 4.69) is 15.2 Å². The summed E-state index contributed by atoms with van der Waals surface area (Å²) in [5.41, 5.74) is 5.30. The zero-order valence-corrected chi connectivity index (χ0v) is 7.56. The predicted molar refractivity (Wildman–Crippen MR) is 48.2 cm³/mol. The summed E-state index contributed by atoms with van der Waals surface area (Å²) < 4.78 is 0. The van der Waals surface area contributed by atoms with E-state index in [1.165, 1.54) is 18.1 Å². The molecule has 0 saturated carbocycles. The Morgan fingerprint density at radius 2 is 2.67 bits per heavy atom. The molecule has 0 aliphatic rings. The van der Waals surface area contributed by atoms with Crippen molar-refractivity contribution in [3.63, 3.8) is 0 Å². The Morgan fingerprint density at radius 1 is 1.92 bits per heavy atom. The highest BCUT2D eigenvalue weighted by atomic mass is 32.2. The number of amidine groups is 1. The molecule has 1 unspecified atom stereocenters. The lowest BCUT2D eigenvalue weighted by Crippen LogP contribution is -2.21. The van der Waals surface area contributed by atoms with Crippen molar-refractivity contribution in [3.05, 3.63) is 6.33 Å². The Balaban J connectivity index is 2.31. The Labute approximate surface area is 74.7 Å². The summed E-state index contributed by atoms with van der Waals surface area (Å²) in [5, 5.41) is 14.3. The van der Waals surface area contributed by atoms with Gasteiger partial charge < -0.3 is 5.73 Å². The number of nitrogens with one attached hydrogen (secondary N) is 2. The normalized spacial score (nSPS) is 12.8. The molecule has 0 saturated heterocycles. The lowest BCUT2D eigenvalue weighted by molar-refractivity contribution is 0.872. The van der Waals surface area contributed by atoms with E-state index in [9.17, 15) is 0 Å². The van der Waals surface area contributed by atoms with Crippen molar-refractivity contribution >= 4 is 17.6 Å². The van der Waals surface area contributed by atoms with Crippen molar-refractivity contribution in [1.82, 2.24) is 15.2 Å². The van der Waals surface area contributed by atoms with Crippen LogP contribution in [0.15, 0.2) is 11.5 Å². The van der Waals surface area contributed by atoms with Gasteiger partial charge in [-0.25, -0.2) is 4.98 Å². The van der Waals surface area contributed by atoms with Crippen LogP contribution in [0.5, 0.6) is 0 Å². The van der Waals surface area contributed by atoms with Crippen molar-refractivity contribution in [3.8, 4) is 0 Å². The minimum atomic E-state index is 0.0834. The van der Waals surface area contributed by atoms with Crippen molar-refractivity contribution in [2.45, 2.75) is 12.1 Å². The first-order chi connectivity index (χ1) is 5.70. The minimum absolute atomic E-state index is 0.0834. The molecule has 4 N–H and O–H groups in total. The molecule has 6 heteroatoms. The average molecular weight is 185 g/mol. The van der Waals surface area contributed by atoms with Gasteiger partial charge in [0.15, 0.2) is 5.16 Å². The number of thioether (sulfide) groups is 1. The van der Waals surface area contributed by atoms with Gasteiger partial charge in [0.05, 0.1) is 5.84 Å². The summed E-state index contributed by atoms with van der Waals surface area (Å²) in [6.45, 7) is 1.91. The van der Waals surface area contributed by atoms with E-state index in [1.54, 1.807) is 0 Å². The van der Waals surface area contributed by atoms with Crippen molar-refractivity contribution in [1.29, 1.82) is 5.41 Å². The summed E-state index contributed by atoms with van der Waals surface area (Å²) >= 11 is 1.51. The molecule has 5 nitrogen and oxygen atoms in total. The first-order valence-electron chi connectivity index (χ1n) is 3.52. The van der Waals surface area contributed by atoms with Crippen molar-refractivity contribution in [2.24, 2.45) is 11.7 Å². The van der Waals surface area contributed by atoms with E-state index in [1.807, 2.05) is 6.92 Å². The maximum absolute atomic E-state index is 7.15. The number of hydrogen-bond donors (Lipinski definition) is 3. The van der Waals surface area contributed by atoms with Gasteiger partial charge in [0.2, 0.25) is 0 Å². The molecule has 1 rings (SSSR count). The molecular weight excluding hydrogens is 174 g/mol. The van der Waals surface area contributed by atoms with Crippen LogP contribution in [-0.2, 0) is 0 Å². The Morgan fingerprint density at radius 3 is 3.17 bits per heavy atom.